The summed E-state index contributed by atoms with van der Waals surface area (Å²) in [5, 5.41) is 10.4. The number of nitrogens with zero attached hydrogens (tertiary/aromatic N) is 2. The third-order valence-electron chi connectivity index (χ3n) is 3.71. The average Bonchev–Trinajstić information content (AvgIpc) is 2.98. The highest BCUT2D eigenvalue weighted by molar-refractivity contribution is 9.10. The van der Waals surface area contributed by atoms with Crippen molar-refractivity contribution >= 4 is 34.2 Å². The summed E-state index contributed by atoms with van der Waals surface area (Å²) in [5.41, 5.74) is 2.32. The van der Waals surface area contributed by atoms with Crippen molar-refractivity contribution in [3.63, 3.8) is 0 Å². The molecule has 118 valence electrons. The molecular formula is C15H18BrClN4O. The number of carbonyl (C=O) groups excluding carboxylic acids is 1. The number of piperazine rings is 1. The molecule has 0 spiro atoms. The van der Waals surface area contributed by atoms with Crippen LogP contribution in [0.2, 0.25) is 0 Å². The first-order valence-corrected chi connectivity index (χ1v) is 7.77. The molecule has 2 heterocycles. The van der Waals surface area contributed by atoms with E-state index in [4.69, 9.17) is 0 Å². The van der Waals surface area contributed by atoms with Gasteiger partial charge in [0.15, 0.2) is 0 Å². The molecule has 0 radical (unpaired) electrons. The fourth-order valence-electron chi connectivity index (χ4n) is 2.50. The zero-order valence-electron chi connectivity index (χ0n) is 12.2. The maximum atomic E-state index is 12.5. The highest BCUT2D eigenvalue weighted by Gasteiger charge is 2.25. The maximum Gasteiger partial charge on any atom is 0.272 e. The molecule has 0 saturated carbocycles. The average molecular weight is 386 g/mol. The van der Waals surface area contributed by atoms with Crippen LogP contribution in [0, 0.1) is 0 Å². The Morgan fingerprint density at radius 1 is 1.36 bits per heavy atom. The summed E-state index contributed by atoms with van der Waals surface area (Å²) in [6, 6.07) is 9.89. The van der Waals surface area contributed by atoms with Gasteiger partial charge in [0, 0.05) is 35.7 Å². The molecule has 1 aliphatic rings. The van der Waals surface area contributed by atoms with Crippen molar-refractivity contribution in [1.82, 2.24) is 20.4 Å². The van der Waals surface area contributed by atoms with Crippen LogP contribution in [0.1, 0.15) is 17.4 Å². The van der Waals surface area contributed by atoms with Crippen molar-refractivity contribution in [3.8, 4) is 11.3 Å². The molecule has 1 fully saturated rings. The maximum absolute atomic E-state index is 12.5. The molecule has 0 unspecified atom stereocenters. The molecule has 7 heteroatoms. The molecule has 0 aliphatic carbocycles. The van der Waals surface area contributed by atoms with Crippen molar-refractivity contribution in [2.24, 2.45) is 0 Å². The molecule has 22 heavy (non-hydrogen) atoms. The van der Waals surface area contributed by atoms with Crippen molar-refractivity contribution < 1.29 is 4.79 Å². The first kappa shape index (κ1) is 17.0. The van der Waals surface area contributed by atoms with Crippen molar-refractivity contribution in [1.29, 1.82) is 0 Å². The minimum Gasteiger partial charge on any atom is -0.332 e. The van der Waals surface area contributed by atoms with Crippen LogP contribution in [-0.2, 0) is 0 Å². The number of halogens is 2. The topological polar surface area (TPSA) is 61.0 Å². The zero-order valence-corrected chi connectivity index (χ0v) is 14.6. The van der Waals surface area contributed by atoms with E-state index in [1.54, 1.807) is 0 Å². The van der Waals surface area contributed by atoms with Crippen LogP contribution in [0.25, 0.3) is 11.3 Å². The van der Waals surface area contributed by atoms with E-state index in [0.717, 1.165) is 35.4 Å². The Bertz CT molecular complexity index is 643. The van der Waals surface area contributed by atoms with Crippen LogP contribution < -0.4 is 5.32 Å². The molecule has 1 aromatic heterocycles. The third-order valence-corrected chi connectivity index (χ3v) is 4.24. The third kappa shape index (κ3) is 3.51. The number of aromatic amines is 1. The van der Waals surface area contributed by atoms with E-state index in [9.17, 15) is 4.79 Å². The van der Waals surface area contributed by atoms with Crippen LogP contribution in [-0.4, -0.2) is 46.7 Å². The molecule has 2 N–H and O–H groups in total. The van der Waals surface area contributed by atoms with Crippen molar-refractivity contribution in [2.75, 3.05) is 19.6 Å². The molecule has 3 rings (SSSR count). The Balaban J connectivity index is 0.00000176. The van der Waals surface area contributed by atoms with Crippen LogP contribution in [0.4, 0.5) is 0 Å². The van der Waals surface area contributed by atoms with Gasteiger partial charge in [-0.25, -0.2) is 0 Å². The fourth-order valence-corrected chi connectivity index (χ4v) is 2.76. The normalized spacial score (nSPS) is 17.9. The summed E-state index contributed by atoms with van der Waals surface area (Å²) in [6.07, 6.45) is 0. The van der Waals surface area contributed by atoms with E-state index in [2.05, 4.69) is 38.4 Å². The Labute approximate surface area is 144 Å². The Hall–Kier alpha value is -1.37. The molecular weight excluding hydrogens is 368 g/mol. The first-order valence-electron chi connectivity index (χ1n) is 6.98. The first-order chi connectivity index (χ1) is 10.1. The fraction of sp³-hybridized carbons (Fsp3) is 0.333. The van der Waals surface area contributed by atoms with Gasteiger partial charge in [-0.05, 0) is 25.1 Å². The van der Waals surface area contributed by atoms with Crippen LogP contribution in [0.3, 0.4) is 0 Å². The monoisotopic (exact) mass is 384 g/mol. The van der Waals surface area contributed by atoms with Crippen LogP contribution in [0.5, 0.6) is 0 Å². The molecule has 1 amide bonds. The predicted molar refractivity (Wildman–Crippen MR) is 92.3 cm³/mol. The molecule has 0 bridgehead atoms. The number of hydrogen-bond donors (Lipinski definition) is 2. The van der Waals surface area contributed by atoms with Gasteiger partial charge in [-0.3, -0.25) is 9.89 Å². The highest BCUT2D eigenvalue weighted by Crippen LogP contribution is 2.21. The number of nitrogens with one attached hydrogen (secondary N) is 2. The summed E-state index contributed by atoms with van der Waals surface area (Å²) in [4.78, 5) is 14.4. The number of carbonyl (C=O) groups is 1. The van der Waals surface area contributed by atoms with Gasteiger partial charge in [0.2, 0.25) is 0 Å². The van der Waals surface area contributed by atoms with E-state index in [1.807, 2.05) is 35.2 Å². The molecule has 2 aromatic rings. The Morgan fingerprint density at radius 2 is 2.09 bits per heavy atom. The second-order valence-electron chi connectivity index (χ2n) is 5.23. The van der Waals surface area contributed by atoms with E-state index in [0.29, 0.717) is 5.69 Å². The van der Waals surface area contributed by atoms with Gasteiger partial charge in [0.1, 0.15) is 5.69 Å². The molecule has 1 atom stereocenters. The summed E-state index contributed by atoms with van der Waals surface area (Å²) in [5.74, 6) is 0.0138. The standard InChI is InChI=1S/C15H17BrN4O.ClH/c1-10-9-17-6-7-20(10)15(21)14-8-13(18-19-14)11-2-4-12(16)5-3-11;/h2-5,8,10,17H,6-7,9H2,1H3,(H,18,19);1H/t10-;/m1./s1. The predicted octanol–water partition coefficient (Wildman–Crippen LogP) is 2.69. The molecule has 1 saturated heterocycles. The van der Waals surface area contributed by atoms with E-state index in [1.165, 1.54) is 0 Å². The van der Waals surface area contributed by atoms with E-state index in [-0.39, 0.29) is 24.4 Å². The lowest BCUT2D eigenvalue weighted by Gasteiger charge is -2.33. The van der Waals surface area contributed by atoms with Gasteiger partial charge in [0.05, 0.1) is 5.69 Å². The smallest absolute Gasteiger partial charge is 0.272 e. The number of rotatable bonds is 2. The van der Waals surface area contributed by atoms with Gasteiger partial charge < -0.3 is 10.2 Å². The summed E-state index contributed by atoms with van der Waals surface area (Å²) in [7, 11) is 0. The lowest BCUT2D eigenvalue weighted by molar-refractivity contribution is 0.0649. The number of aromatic nitrogens is 2. The van der Waals surface area contributed by atoms with Crippen LogP contribution >= 0.6 is 28.3 Å². The van der Waals surface area contributed by atoms with E-state index >= 15 is 0 Å². The van der Waals surface area contributed by atoms with Gasteiger partial charge >= 0.3 is 0 Å². The zero-order chi connectivity index (χ0) is 14.8. The Kier molecular flexibility index (Phi) is 5.61. The SMILES string of the molecule is C[C@@H]1CNCCN1C(=O)c1cc(-c2ccc(Br)cc2)n[nH]1.Cl. The Morgan fingerprint density at radius 3 is 2.77 bits per heavy atom. The second-order valence-corrected chi connectivity index (χ2v) is 6.14. The molecule has 1 aromatic carbocycles. The largest absolute Gasteiger partial charge is 0.332 e. The van der Waals surface area contributed by atoms with Gasteiger partial charge in [-0.2, -0.15) is 5.10 Å². The quantitative estimate of drug-likeness (QED) is 0.835. The molecule has 1 aliphatic heterocycles. The minimum absolute atomic E-state index is 0. The summed E-state index contributed by atoms with van der Waals surface area (Å²) < 4.78 is 1.02. The summed E-state index contributed by atoms with van der Waals surface area (Å²) >= 11 is 3.41. The van der Waals surface area contributed by atoms with Crippen molar-refractivity contribution in [2.45, 2.75) is 13.0 Å². The number of hydrogen-bond acceptors (Lipinski definition) is 3. The van der Waals surface area contributed by atoms with E-state index < -0.39 is 0 Å². The highest BCUT2D eigenvalue weighted by atomic mass is 79.9. The lowest BCUT2D eigenvalue weighted by atomic mass is 10.1. The summed E-state index contributed by atoms with van der Waals surface area (Å²) in [6.45, 7) is 4.45. The molecule has 5 nitrogen and oxygen atoms in total. The second kappa shape index (κ2) is 7.26. The minimum atomic E-state index is 0. The lowest BCUT2D eigenvalue weighted by Crippen LogP contribution is -2.52. The van der Waals surface area contributed by atoms with Gasteiger partial charge in [-0.1, -0.05) is 28.1 Å². The van der Waals surface area contributed by atoms with Gasteiger partial charge in [-0.15, -0.1) is 12.4 Å². The van der Waals surface area contributed by atoms with Gasteiger partial charge in [0.25, 0.3) is 5.91 Å². The number of amides is 1. The number of benzene rings is 1. The van der Waals surface area contributed by atoms with Crippen molar-refractivity contribution in [3.05, 3.63) is 40.5 Å². The number of H-pyrrole nitrogens is 1. The van der Waals surface area contributed by atoms with Crippen LogP contribution in [0.15, 0.2) is 34.8 Å².